The minimum absolute atomic E-state index is 0.0924. The lowest BCUT2D eigenvalue weighted by Crippen LogP contribution is -2.57. The number of amides is 3. The Labute approximate surface area is 217 Å². The number of fused-ring (bicyclic) bond motifs is 1. The van der Waals surface area contributed by atoms with Crippen molar-refractivity contribution in [2.75, 3.05) is 6.54 Å². The third-order valence-electron chi connectivity index (χ3n) is 6.89. The van der Waals surface area contributed by atoms with Crippen LogP contribution in [0.3, 0.4) is 0 Å². The second-order valence-electron chi connectivity index (χ2n) is 10.6. The molecular formula is C27H39N5O5. The van der Waals surface area contributed by atoms with Crippen molar-refractivity contribution >= 4 is 34.6 Å². The zero-order valence-electron chi connectivity index (χ0n) is 22.0. The van der Waals surface area contributed by atoms with E-state index < -0.39 is 42.0 Å². The summed E-state index contributed by atoms with van der Waals surface area (Å²) >= 11 is 0. The van der Waals surface area contributed by atoms with Gasteiger partial charge >= 0.3 is 5.97 Å². The highest BCUT2D eigenvalue weighted by Crippen LogP contribution is 2.22. The van der Waals surface area contributed by atoms with E-state index in [0.29, 0.717) is 25.8 Å². The molecule has 2 aromatic rings. The minimum atomic E-state index is -1.15. The number of hydrogen-bond donors (Lipinski definition) is 5. The van der Waals surface area contributed by atoms with E-state index in [4.69, 9.17) is 5.73 Å². The Morgan fingerprint density at radius 2 is 1.81 bits per heavy atom. The van der Waals surface area contributed by atoms with Crippen LogP contribution < -0.4 is 16.4 Å². The average molecular weight is 514 g/mol. The Hall–Kier alpha value is -3.40. The molecule has 2 heterocycles. The highest BCUT2D eigenvalue weighted by atomic mass is 16.4. The molecule has 3 amide bonds. The maximum atomic E-state index is 13.5. The van der Waals surface area contributed by atoms with Crippen LogP contribution in [-0.4, -0.2) is 69.4 Å². The molecule has 202 valence electrons. The number of benzene rings is 1. The fourth-order valence-corrected chi connectivity index (χ4v) is 4.76. The first-order chi connectivity index (χ1) is 17.5. The zero-order valence-corrected chi connectivity index (χ0v) is 22.0. The van der Waals surface area contributed by atoms with Crippen LogP contribution in [0.15, 0.2) is 30.5 Å². The number of nitrogens with two attached hydrogens (primary N) is 1. The molecule has 1 saturated heterocycles. The van der Waals surface area contributed by atoms with Crippen molar-refractivity contribution in [2.45, 2.75) is 77.5 Å². The first-order valence-corrected chi connectivity index (χ1v) is 12.9. The van der Waals surface area contributed by atoms with E-state index in [9.17, 15) is 24.3 Å². The highest BCUT2D eigenvalue weighted by molar-refractivity contribution is 5.95. The fraction of sp³-hybridized carbons (Fsp3) is 0.556. The van der Waals surface area contributed by atoms with Gasteiger partial charge in [-0.2, -0.15) is 0 Å². The summed E-state index contributed by atoms with van der Waals surface area (Å²) in [5.41, 5.74) is 7.65. The summed E-state index contributed by atoms with van der Waals surface area (Å²) in [4.78, 5) is 56.0. The predicted octanol–water partition coefficient (Wildman–Crippen LogP) is 1.79. The third kappa shape index (κ3) is 6.88. The number of H-pyrrole nitrogens is 1. The molecule has 6 N–H and O–H groups in total. The van der Waals surface area contributed by atoms with Crippen LogP contribution in [0.2, 0.25) is 0 Å². The molecular weight excluding hydrogens is 474 g/mol. The van der Waals surface area contributed by atoms with Crippen molar-refractivity contribution in [1.82, 2.24) is 20.5 Å². The third-order valence-corrected chi connectivity index (χ3v) is 6.89. The van der Waals surface area contributed by atoms with Crippen LogP contribution in [0.1, 0.15) is 52.5 Å². The Morgan fingerprint density at radius 3 is 2.46 bits per heavy atom. The number of carbonyl (C=O) groups is 4. The van der Waals surface area contributed by atoms with Crippen LogP contribution in [0, 0.1) is 11.8 Å². The van der Waals surface area contributed by atoms with Gasteiger partial charge in [0.05, 0.1) is 6.04 Å². The topological polar surface area (TPSA) is 158 Å². The lowest BCUT2D eigenvalue weighted by Gasteiger charge is -2.31. The zero-order chi connectivity index (χ0) is 27.3. The molecule has 1 aliphatic heterocycles. The Kier molecular flexibility index (Phi) is 9.31. The number of nitrogens with one attached hydrogen (secondary N) is 3. The summed E-state index contributed by atoms with van der Waals surface area (Å²) in [5, 5.41) is 16.2. The molecule has 0 radical (unpaired) electrons. The smallest absolute Gasteiger partial charge is 0.326 e. The number of likely N-dealkylation sites (tertiary alicyclic amines) is 1. The summed E-state index contributed by atoms with van der Waals surface area (Å²) in [6.45, 7) is 7.92. The maximum Gasteiger partial charge on any atom is 0.326 e. The molecule has 10 nitrogen and oxygen atoms in total. The molecule has 0 spiro atoms. The summed E-state index contributed by atoms with van der Waals surface area (Å²) in [5.74, 6) is -2.39. The largest absolute Gasteiger partial charge is 0.480 e. The van der Waals surface area contributed by atoms with Gasteiger partial charge in [0.15, 0.2) is 0 Å². The van der Waals surface area contributed by atoms with Gasteiger partial charge in [0.2, 0.25) is 17.7 Å². The number of carboxylic acids is 1. The monoisotopic (exact) mass is 513 g/mol. The van der Waals surface area contributed by atoms with Gasteiger partial charge in [-0.3, -0.25) is 14.4 Å². The van der Waals surface area contributed by atoms with Crippen LogP contribution in [0.4, 0.5) is 0 Å². The molecule has 1 aliphatic rings. The molecule has 37 heavy (non-hydrogen) atoms. The molecule has 0 bridgehead atoms. The van der Waals surface area contributed by atoms with Gasteiger partial charge in [-0.15, -0.1) is 0 Å². The van der Waals surface area contributed by atoms with Crippen molar-refractivity contribution in [1.29, 1.82) is 0 Å². The van der Waals surface area contributed by atoms with Gasteiger partial charge < -0.3 is 31.4 Å². The average Bonchev–Trinajstić information content (AvgIpc) is 3.49. The van der Waals surface area contributed by atoms with Crippen molar-refractivity contribution in [3.05, 3.63) is 36.0 Å². The van der Waals surface area contributed by atoms with E-state index in [2.05, 4.69) is 15.6 Å². The molecule has 10 heteroatoms. The molecule has 0 aliphatic carbocycles. The summed E-state index contributed by atoms with van der Waals surface area (Å²) in [6.07, 6.45) is 3.28. The fourth-order valence-electron chi connectivity index (χ4n) is 4.76. The summed E-state index contributed by atoms with van der Waals surface area (Å²) in [7, 11) is 0. The standard InChI is InChI=1S/C27H39N5O5/c1-15(2)12-20(30-25(34)23(28)16(3)4)26(35)32-11-7-10-22(32)24(33)31-21(27(36)37)13-17-14-29-19-9-6-5-8-18(17)19/h5-6,8-9,14-16,20-23,29H,7,10-13,28H2,1-4H3,(H,30,34)(H,31,33)(H,36,37). The first-order valence-electron chi connectivity index (χ1n) is 12.9. The van der Waals surface area contributed by atoms with Crippen LogP contribution in [0.5, 0.6) is 0 Å². The van der Waals surface area contributed by atoms with E-state index in [1.807, 2.05) is 52.0 Å². The molecule has 4 atom stereocenters. The number of hydrogen-bond acceptors (Lipinski definition) is 5. The molecule has 1 aromatic heterocycles. The Balaban J connectivity index is 1.73. The number of nitrogens with zero attached hydrogens (tertiary/aromatic N) is 1. The van der Waals surface area contributed by atoms with E-state index in [-0.39, 0.29) is 24.2 Å². The quantitative estimate of drug-likeness (QED) is 0.308. The van der Waals surface area contributed by atoms with Crippen molar-refractivity contribution in [2.24, 2.45) is 17.6 Å². The number of aliphatic carboxylic acids is 1. The number of carboxylic acid groups (broad SMARTS) is 1. The van der Waals surface area contributed by atoms with E-state index in [1.54, 1.807) is 6.20 Å². The van der Waals surface area contributed by atoms with Crippen LogP contribution in [-0.2, 0) is 25.6 Å². The normalized spacial score (nSPS) is 18.1. The van der Waals surface area contributed by atoms with Gasteiger partial charge in [0.1, 0.15) is 18.1 Å². The molecule has 1 fully saturated rings. The molecule has 4 unspecified atom stereocenters. The molecule has 0 saturated carbocycles. The van der Waals surface area contributed by atoms with Crippen LogP contribution >= 0.6 is 0 Å². The van der Waals surface area contributed by atoms with Gasteiger partial charge in [-0.1, -0.05) is 45.9 Å². The van der Waals surface area contributed by atoms with E-state index in [0.717, 1.165) is 16.5 Å². The van der Waals surface area contributed by atoms with Crippen molar-refractivity contribution < 1.29 is 24.3 Å². The minimum Gasteiger partial charge on any atom is -0.480 e. The van der Waals surface area contributed by atoms with Crippen molar-refractivity contribution in [3.63, 3.8) is 0 Å². The lowest BCUT2D eigenvalue weighted by molar-refractivity contribution is -0.145. The van der Waals surface area contributed by atoms with Gasteiger partial charge in [-0.05, 0) is 42.7 Å². The number of carbonyl (C=O) groups excluding carboxylic acids is 3. The number of aromatic nitrogens is 1. The van der Waals surface area contributed by atoms with Gasteiger partial charge in [-0.25, -0.2) is 4.79 Å². The van der Waals surface area contributed by atoms with E-state index in [1.165, 1.54) is 4.90 Å². The van der Waals surface area contributed by atoms with Gasteiger partial charge in [0.25, 0.3) is 0 Å². The van der Waals surface area contributed by atoms with Gasteiger partial charge in [0, 0.05) is 30.1 Å². The maximum absolute atomic E-state index is 13.5. The summed E-state index contributed by atoms with van der Waals surface area (Å²) < 4.78 is 0. The second kappa shape index (κ2) is 12.2. The summed E-state index contributed by atoms with van der Waals surface area (Å²) in [6, 6.07) is 4.03. The van der Waals surface area contributed by atoms with Crippen molar-refractivity contribution in [3.8, 4) is 0 Å². The number of para-hydroxylation sites is 1. The van der Waals surface area contributed by atoms with Crippen LogP contribution in [0.25, 0.3) is 10.9 Å². The highest BCUT2D eigenvalue weighted by Gasteiger charge is 2.39. The second-order valence-corrected chi connectivity index (χ2v) is 10.6. The molecule has 1 aromatic carbocycles. The Bertz CT molecular complexity index is 1130. The number of rotatable bonds is 11. The van der Waals surface area contributed by atoms with E-state index >= 15 is 0 Å². The Morgan fingerprint density at radius 1 is 1.11 bits per heavy atom. The SMILES string of the molecule is CC(C)CC(NC(=O)C(N)C(C)C)C(=O)N1CCCC1C(=O)NC(Cc1c[nH]c2ccccc12)C(=O)O. The molecule has 3 rings (SSSR count). The first kappa shape index (κ1) is 28.2. The lowest BCUT2D eigenvalue weighted by atomic mass is 9.99. The number of aromatic amines is 1. The predicted molar refractivity (Wildman–Crippen MR) is 141 cm³/mol.